The summed E-state index contributed by atoms with van der Waals surface area (Å²) in [7, 11) is 0. The summed E-state index contributed by atoms with van der Waals surface area (Å²) in [6.07, 6.45) is 4.57. The third-order valence-electron chi connectivity index (χ3n) is 1.75. The Morgan fingerprint density at radius 3 is 2.82 bits per heavy atom. The van der Waals surface area contributed by atoms with Crippen molar-refractivity contribution in [1.29, 1.82) is 0 Å². The van der Waals surface area contributed by atoms with Crippen LogP contribution in [0, 0.1) is 18.3 Å². The molecule has 1 unspecified atom stereocenters. The fraction of sp³-hybridized carbons (Fsp3) is 0.625. The predicted molar refractivity (Wildman–Crippen MR) is 38.8 cm³/mol. The number of rotatable bonds is 0. The Bertz CT molecular complexity index is 212. The molecule has 0 aromatic heterocycles. The Morgan fingerprint density at radius 1 is 1.73 bits per heavy atom. The first-order valence-corrected chi connectivity index (χ1v) is 3.38. The molecule has 0 aliphatic carbocycles. The van der Waals surface area contributed by atoms with Crippen molar-refractivity contribution >= 4 is 6.16 Å². The van der Waals surface area contributed by atoms with E-state index < -0.39 is 11.8 Å². The maximum atomic E-state index is 10.6. The van der Waals surface area contributed by atoms with Gasteiger partial charge in [-0.1, -0.05) is 5.92 Å². The van der Waals surface area contributed by atoms with Crippen LogP contribution in [-0.4, -0.2) is 18.4 Å². The average molecular weight is 154 g/mol. The van der Waals surface area contributed by atoms with E-state index in [1.54, 1.807) is 13.8 Å². The highest BCUT2D eigenvalue weighted by Gasteiger charge is 2.37. The van der Waals surface area contributed by atoms with Gasteiger partial charge in [-0.2, -0.15) is 0 Å². The first kappa shape index (κ1) is 7.93. The van der Waals surface area contributed by atoms with Crippen LogP contribution in [0.3, 0.4) is 0 Å². The van der Waals surface area contributed by atoms with Crippen LogP contribution in [0.4, 0.5) is 4.79 Å². The number of cyclic esters (lactones) is 2. The number of hydrogen-bond acceptors (Lipinski definition) is 3. The Morgan fingerprint density at radius 2 is 2.36 bits per heavy atom. The molecule has 1 rings (SSSR count). The summed E-state index contributed by atoms with van der Waals surface area (Å²) in [4.78, 5) is 10.6. The van der Waals surface area contributed by atoms with Gasteiger partial charge in [0.05, 0.1) is 5.92 Å². The predicted octanol–water partition coefficient (Wildman–Crippen LogP) is 1.18. The molecule has 1 saturated heterocycles. The Balaban J connectivity index is 2.73. The third-order valence-corrected chi connectivity index (χ3v) is 1.75. The van der Waals surface area contributed by atoms with Gasteiger partial charge in [0.2, 0.25) is 0 Å². The monoisotopic (exact) mass is 154 g/mol. The summed E-state index contributed by atoms with van der Waals surface area (Å²) in [6.45, 7) is 3.80. The Labute approximate surface area is 65.7 Å². The summed E-state index contributed by atoms with van der Waals surface area (Å²) in [5, 5.41) is 0. The lowest BCUT2D eigenvalue weighted by atomic mass is 9.92. The molecule has 0 aromatic carbocycles. The molecule has 3 heteroatoms. The molecule has 0 spiro atoms. The zero-order valence-electron chi connectivity index (χ0n) is 6.59. The lowest BCUT2D eigenvalue weighted by Gasteiger charge is -2.33. The topological polar surface area (TPSA) is 35.5 Å². The van der Waals surface area contributed by atoms with E-state index in [1.807, 2.05) is 0 Å². The third kappa shape index (κ3) is 1.45. The first-order valence-electron chi connectivity index (χ1n) is 3.38. The van der Waals surface area contributed by atoms with Gasteiger partial charge in [-0.15, -0.1) is 6.42 Å². The van der Waals surface area contributed by atoms with E-state index in [0.29, 0.717) is 0 Å². The lowest BCUT2D eigenvalue weighted by molar-refractivity contribution is -0.0886. The molecule has 11 heavy (non-hydrogen) atoms. The van der Waals surface area contributed by atoms with Crippen LogP contribution in [-0.2, 0) is 9.47 Å². The fourth-order valence-electron chi connectivity index (χ4n) is 0.916. The number of terminal acetylenes is 1. The highest BCUT2D eigenvalue weighted by Crippen LogP contribution is 2.25. The van der Waals surface area contributed by atoms with Gasteiger partial charge >= 0.3 is 6.16 Å². The molecule has 60 valence electrons. The number of carbonyl (C=O) groups excluding carboxylic acids is 1. The molecule has 0 saturated carbocycles. The van der Waals surface area contributed by atoms with Crippen molar-refractivity contribution in [2.45, 2.75) is 19.4 Å². The van der Waals surface area contributed by atoms with Gasteiger partial charge in [-0.05, 0) is 13.8 Å². The summed E-state index contributed by atoms with van der Waals surface area (Å²) < 4.78 is 9.49. The van der Waals surface area contributed by atoms with Crippen molar-refractivity contribution in [2.75, 3.05) is 6.61 Å². The molecule has 3 nitrogen and oxygen atoms in total. The molecule has 1 fully saturated rings. The molecule has 0 radical (unpaired) electrons. The van der Waals surface area contributed by atoms with Crippen LogP contribution in [0.25, 0.3) is 0 Å². The van der Waals surface area contributed by atoms with Gasteiger partial charge < -0.3 is 9.47 Å². The smallest absolute Gasteiger partial charge is 0.433 e. The summed E-state index contributed by atoms with van der Waals surface area (Å²) in [5.41, 5.74) is -0.593. The van der Waals surface area contributed by atoms with Crippen LogP contribution < -0.4 is 0 Å². The lowest BCUT2D eigenvalue weighted by Crippen LogP contribution is -2.43. The van der Waals surface area contributed by atoms with Crippen LogP contribution >= 0.6 is 0 Å². The molecule has 1 aliphatic rings. The van der Waals surface area contributed by atoms with E-state index in [0.717, 1.165) is 0 Å². The average Bonchev–Trinajstić information content (AvgIpc) is 1.85. The van der Waals surface area contributed by atoms with Crippen molar-refractivity contribution in [1.82, 2.24) is 0 Å². The SMILES string of the molecule is C#CC1COC(=O)OC1(C)C. The highest BCUT2D eigenvalue weighted by atomic mass is 16.7. The van der Waals surface area contributed by atoms with Crippen molar-refractivity contribution < 1.29 is 14.3 Å². The number of ether oxygens (including phenoxy) is 2. The molecule has 0 aromatic rings. The van der Waals surface area contributed by atoms with Gasteiger partial charge in [0.25, 0.3) is 0 Å². The highest BCUT2D eigenvalue weighted by molar-refractivity contribution is 5.61. The van der Waals surface area contributed by atoms with E-state index in [4.69, 9.17) is 11.2 Å². The van der Waals surface area contributed by atoms with Crippen LogP contribution in [0.2, 0.25) is 0 Å². The second-order valence-electron chi connectivity index (χ2n) is 2.99. The minimum absolute atomic E-state index is 0.153. The Kier molecular flexibility index (Phi) is 1.77. The number of hydrogen-bond donors (Lipinski definition) is 0. The van der Waals surface area contributed by atoms with Gasteiger partial charge in [0, 0.05) is 0 Å². The largest absolute Gasteiger partial charge is 0.508 e. The minimum atomic E-state index is -0.638. The first-order chi connectivity index (χ1) is 5.06. The maximum Gasteiger partial charge on any atom is 0.508 e. The normalized spacial score (nSPS) is 28.1. The van der Waals surface area contributed by atoms with Crippen molar-refractivity contribution in [3.05, 3.63) is 0 Å². The second-order valence-corrected chi connectivity index (χ2v) is 2.99. The van der Waals surface area contributed by atoms with E-state index in [-0.39, 0.29) is 12.5 Å². The van der Waals surface area contributed by atoms with Crippen LogP contribution in [0.5, 0.6) is 0 Å². The molecule has 1 aliphatic heterocycles. The summed E-state index contributed by atoms with van der Waals surface area (Å²) in [5.74, 6) is 2.36. The van der Waals surface area contributed by atoms with Gasteiger partial charge in [0.15, 0.2) is 0 Å². The molecular formula is C8H10O3. The van der Waals surface area contributed by atoms with E-state index in [2.05, 4.69) is 10.7 Å². The van der Waals surface area contributed by atoms with E-state index in [1.165, 1.54) is 0 Å². The zero-order chi connectivity index (χ0) is 8.48. The zero-order valence-corrected chi connectivity index (χ0v) is 6.59. The van der Waals surface area contributed by atoms with Gasteiger partial charge in [0.1, 0.15) is 12.2 Å². The standard InChI is InChI=1S/C8H10O3/c1-4-6-5-10-7(9)11-8(6,2)3/h1,6H,5H2,2-3H3. The summed E-state index contributed by atoms with van der Waals surface area (Å²) in [6, 6.07) is 0. The second kappa shape index (κ2) is 2.46. The van der Waals surface area contributed by atoms with Gasteiger partial charge in [-0.3, -0.25) is 0 Å². The fourth-order valence-corrected chi connectivity index (χ4v) is 0.916. The van der Waals surface area contributed by atoms with E-state index in [9.17, 15) is 4.79 Å². The van der Waals surface area contributed by atoms with Gasteiger partial charge in [-0.25, -0.2) is 4.79 Å². The van der Waals surface area contributed by atoms with Crippen molar-refractivity contribution in [3.63, 3.8) is 0 Å². The summed E-state index contributed by atoms with van der Waals surface area (Å²) >= 11 is 0. The quantitative estimate of drug-likeness (QED) is 0.388. The van der Waals surface area contributed by atoms with Crippen LogP contribution in [0.15, 0.2) is 0 Å². The minimum Gasteiger partial charge on any atom is -0.433 e. The van der Waals surface area contributed by atoms with E-state index >= 15 is 0 Å². The van der Waals surface area contributed by atoms with Crippen LogP contribution in [0.1, 0.15) is 13.8 Å². The molecule has 1 atom stereocenters. The molecular weight excluding hydrogens is 144 g/mol. The maximum absolute atomic E-state index is 10.6. The van der Waals surface area contributed by atoms with Crippen molar-refractivity contribution in [3.8, 4) is 12.3 Å². The molecule has 0 amide bonds. The molecule has 1 heterocycles. The molecule has 0 bridgehead atoms. The molecule has 0 N–H and O–H groups in total. The number of carbonyl (C=O) groups is 1. The Hall–Kier alpha value is -1.17. The van der Waals surface area contributed by atoms with Crippen molar-refractivity contribution in [2.24, 2.45) is 5.92 Å².